The average molecular weight is 199 g/mol. The summed E-state index contributed by atoms with van der Waals surface area (Å²) >= 11 is 0. The minimum atomic E-state index is -0.625. The molecule has 0 fully saturated rings. The van der Waals surface area contributed by atoms with E-state index >= 15 is 0 Å². The van der Waals surface area contributed by atoms with Crippen LogP contribution in [0.25, 0.3) is 0 Å². The summed E-state index contributed by atoms with van der Waals surface area (Å²) in [6.45, 7) is 0.459. The summed E-state index contributed by atoms with van der Waals surface area (Å²) in [6.07, 6.45) is 0.729. The van der Waals surface area contributed by atoms with Gasteiger partial charge in [-0.15, -0.1) is 0 Å². The Kier molecular flexibility index (Phi) is 2.37. The summed E-state index contributed by atoms with van der Waals surface area (Å²) < 4.78 is 31.4. The molecule has 0 saturated heterocycles. The van der Waals surface area contributed by atoms with Gasteiger partial charge in [-0.3, -0.25) is 0 Å². The van der Waals surface area contributed by atoms with E-state index in [1.54, 1.807) is 7.05 Å². The molecule has 1 aliphatic heterocycles. The SMILES string of the molecule is CNC1CCOc2c(F)cc(F)cc21. The van der Waals surface area contributed by atoms with Crippen molar-refractivity contribution in [2.75, 3.05) is 13.7 Å². The van der Waals surface area contributed by atoms with Crippen molar-refractivity contribution in [2.24, 2.45) is 0 Å². The monoisotopic (exact) mass is 199 g/mol. The lowest BCUT2D eigenvalue weighted by Gasteiger charge is -2.25. The van der Waals surface area contributed by atoms with Crippen LogP contribution in [-0.4, -0.2) is 13.7 Å². The molecular formula is C10H11F2NO. The van der Waals surface area contributed by atoms with Gasteiger partial charge in [0.25, 0.3) is 0 Å². The zero-order valence-electron chi connectivity index (χ0n) is 7.81. The molecule has 0 saturated carbocycles. The predicted octanol–water partition coefficient (Wildman–Crippen LogP) is 2.01. The van der Waals surface area contributed by atoms with Crippen molar-refractivity contribution >= 4 is 0 Å². The van der Waals surface area contributed by atoms with Crippen LogP contribution in [0.1, 0.15) is 18.0 Å². The highest BCUT2D eigenvalue weighted by Crippen LogP contribution is 2.34. The fourth-order valence-corrected chi connectivity index (χ4v) is 1.73. The number of hydrogen-bond donors (Lipinski definition) is 1. The smallest absolute Gasteiger partial charge is 0.168 e. The molecule has 0 radical (unpaired) electrons. The second-order valence-corrected chi connectivity index (χ2v) is 3.28. The largest absolute Gasteiger partial charge is 0.490 e. The molecule has 2 rings (SSSR count). The molecule has 0 bridgehead atoms. The lowest BCUT2D eigenvalue weighted by Crippen LogP contribution is -2.24. The normalized spacial score (nSPS) is 20.1. The fourth-order valence-electron chi connectivity index (χ4n) is 1.73. The zero-order chi connectivity index (χ0) is 10.1. The Bertz CT molecular complexity index is 354. The van der Waals surface area contributed by atoms with E-state index in [0.717, 1.165) is 12.5 Å². The summed E-state index contributed by atoms with van der Waals surface area (Å²) in [4.78, 5) is 0. The molecule has 1 aromatic carbocycles. The molecule has 0 aromatic heterocycles. The molecule has 1 aromatic rings. The first-order valence-electron chi connectivity index (χ1n) is 4.51. The van der Waals surface area contributed by atoms with Crippen LogP contribution in [0.3, 0.4) is 0 Å². The van der Waals surface area contributed by atoms with Gasteiger partial charge in [0.15, 0.2) is 11.6 Å². The molecule has 0 amide bonds. The third-order valence-corrected chi connectivity index (χ3v) is 2.41. The number of hydrogen-bond acceptors (Lipinski definition) is 2. The average Bonchev–Trinajstić information content (AvgIpc) is 2.17. The maximum atomic E-state index is 13.2. The highest BCUT2D eigenvalue weighted by atomic mass is 19.1. The molecule has 1 atom stereocenters. The lowest BCUT2D eigenvalue weighted by molar-refractivity contribution is 0.243. The molecule has 1 heterocycles. The summed E-state index contributed by atoms with van der Waals surface area (Å²) in [5.74, 6) is -1.01. The third kappa shape index (κ3) is 1.46. The highest BCUT2D eigenvalue weighted by molar-refractivity contribution is 5.39. The molecule has 0 spiro atoms. The Morgan fingerprint density at radius 1 is 1.43 bits per heavy atom. The molecule has 0 aliphatic carbocycles. The number of rotatable bonds is 1. The lowest BCUT2D eigenvalue weighted by atomic mass is 10.0. The first-order chi connectivity index (χ1) is 6.72. The Morgan fingerprint density at radius 3 is 2.93 bits per heavy atom. The summed E-state index contributed by atoms with van der Waals surface area (Å²) in [5, 5.41) is 3.00. The van der Waals surface area contributed by atoms with E-state index in [2.05, 4.69) is 5.32 Å². The second-order valence-electron chi connectivity index (χ2n) is 3.28. The van der Waals surface area contributed by atoms with Gasteiger partial charge in [0.1, 0.15) is 5.82 Å². The number of halogens is 2. The predicted molar refractivity (Wildman–Crippen MR) is 48.3 cm³/mol. The number of benzene rings is 1. The van der Waals surface area contributed by atoms with Gasteiger partial charge in [-0.1, -0.05) is 0 Å². The van der Waals surface area contributed by atoms with Crippen LogP contribution in [-0.2, 0) is 0 Å². The van der Waals surface area contributed by atoms with Gasteiger partial charge in [0, 0.05) is 24.1 Å². The Labute approximate surface area is 80.9 Å². The minimum absolute atomic E-state index is 0.0241. The summed E-state index contributed by atoms with van der Waals surface area (Å²) in [7, 11) is 1.77. The molecule has 1 unspecified atom stereocenters. The van der Waals surface area contributed by atoms with Crippen molar-refractivity contribution in [1.82, 2.24) is 5.32 Å². The van der Waals surface area contributed by atoms with Gasteiger partial charge in [-0.25, -0.2) is 8.78 Å². The van der Waals surface area contributed by atoms with Crippen molar-refractivity contribution in [3.8, 4) is 5.75 Å². The van der Waals surface area contributed by atoms with E-state index in [1.807, 2.05) is 0 Å². The Hall–Kier alpha value is -1.16. The maximum Gasteiger partial charge on any atom is 0.168 e. The maximum absolute atomic E-state index is 13.2. The molecule has 76 valence electrons. The van der Waals surface area contributed by atoms with E-state index in [0.29, 0.717) is 12.2 Å². The van der Waals surface area contributed by atoms with Gasteiger partial charge >= 0.3 is 0 Å². The van der Waals surface area contributed by atoms with E-state index in [9.17, 15) is 8.78 Å². The summed E-state index contributed by atoms with van der Waals surface area (Å²) in [5.41, 5.74) is 0.566. The molecule has 1 aliphatic rings. The first kappa shape index (κ1) is 9.40. The van der Waals surface area contributed by atoms with Crippen LogP contribution < -0.4 is 10.1 Å². The van der Waals surface area contributed by atoms with Crippen molar-refractivity contribution in [1.29, 1.82) is 0 Å². The van der Waals surface area contributed by atoms with Gasteiger partial charge in [0.05, 0.1) is 6.61 Å². The minimum Gasteiger partial charge on any atom is -0.490 e. The fraction of sp³-hybridized carbons (Fsp3) is 0.400. The Morgan fingerprint density at radius 2 is 2.21 bits per heavy atom. The number of nitrogens with one attached hydrogen (secondary N) is 1. The van der Waals surface area contributed by atoms with Crippen molar-refractivity contribution in [3.63, 3.8) is 0 Å². The van der Waals surface area contributed by atoms with Crippen LogP contribution in [0.4, 0.5) is 8.78 Å². The van der Waals surface area contributed by atoms with Crippen molar-refractivity contribution in [3.05, 3.63) is 29.3 Å². The molecule has 4 heteroatoms. The van der Waals surface area contributed by atoms with Crippen LogP contribution in [0, 0.1) is 11.6 Å². The first-order valence-corrected chi connectivity index (χ1v) is 4.51. The molecule has 14 heavy (non-hydrogen) atoms. The number of ether oxygens (including phenoxy) is 1. The van der Waals surface area contributed by atoms with Gasteiger partial charge in [-0.2, -0.15) is 0 Å². The van der Waals surface area contributed by atoms with Crippen LogP contribution >= 0.6 is 0 Å². The molecular weight excluding hydrogens is 188 g/mol. The second kappa shape index (κ2) is 3.53. The highest BCUT2D eigenvalue weighted by Gasteiger charge is 2.23. The van der Waals surface area contributed by atoms with Gasteiger partial charge in [-0.05, 0) is 13.1 Å². The quantitative estimate of drug-likeness (QED) is 0.747. The van der Waals surface area contributed by atoms with Crippen molar-refractivity contribution in [2.45, 2.75) is 12.5 Å². The van der Waals surface area contributed by atoms with Crippen molar-refractivity contribution < 1.29 is 13.5 Å². The van der Waals surface area contributed by atoms with Crippen LogP contribution in [0.15, 0.2) is 12.1 Å². The van der Waals surface area contributed by atoms with Crippen LogP contribution in [0.2, 0.25) is 0 Å². The zero-order valence-corrected chi connectivity index (χ0v) is 7.81. The molecule has 2 nitrogen and oxygen atoms in total. The van der Waals surface area contributed by atoms with Gasteiger partial charge in [0.2, 0.25) is 0 Å². The van der Waals surface area contributed by atoms with E-state index in [-0.39, 0.29) is 11.8 Å². The van der Waals surface area contributed by atoms with E-state index in [1.165, 1.54) is 6.07 Å². The van der Waals surface area contributed by atoms with Crippen LogP contribution in [0.5, 0.6) is 5.75 Å². The molecule has 1 N–H and O–H groups in total. The Balaban J connectivity index is 2.51. The van der Waals surface area contributed by atoms with E-state index in [4.69, 9.17) is 4.74 Å². The van der Waals surface area contributed by atoms with Gasteiger partial charge < -0.3 is 10.1 Å². The topological polar surface area (TPSA) is 21.3 Å². The van der Waals surface area contributed by atoms with E-state index < -0.39 is 11.6 Å². The standard InChI is InChI=1S/C10H11F2NO/c1-13-9-2-3-14-10-7(9)4-6(11)5-8(10)12/h4-5,9,13H,2-3H2,1H3. The summed E-state index contributed by atoms with van der Waals surface area (Å²) in [6, 6.07) is 2.14. The number of fused-ring (bicyclic) bond motifs is 1. The third-order valence-electron chi connectivity index (χ3n) is 2.41.